The molecule has 1 atom stereocenters. The van der Waals surface area contributed by atoms with Crippen molar-refractivity contribution < 1.29 is 4.79 Å². The van der Waals surface area contributed by atoms with Gasteiger partial charge in [-0.2, -0.15) is 17.6 Å². The van der Waals surface area contributed by atoms with Gasteiger partial charge in [0.25, 0.3) is 0 Å². The van der Waals surface area contributed by atoms with Crippen LogP contribution in [0.5, 0.6) is 0 Å². The monoisotopic (exact) mass is 256 g/mol. The van der Waals surface area contributed by atoms with Gasteiger partial charge >= 0.3 is 0 Å². The van der Waals surface area contributed by atoms with Crippen LogP contribution in [-0.2, 0) is 4.79 Å². The Morgan fingerprint density at radius 2 is 2.44 bits per heavy atom. The van der Waals surface area contributed by atoms with E-state index in [2.05, 4.69) is 27.6 Å². The van der Waals surface area contributed by atoms with Gasteiger partial charge in [0.1, 0.15) is 6.33 Å². The molecule has 1 aliphatic heterocycles. The van der Waals surface area contributed by atoms with E-state index in [9.17, 15) is 4.79 Å². The summed E-state index contributed by atoms with van der Waals surface area (Å²) in [5, 5.41) is 0.632. The number of hydrogen-bond donors (Lipinski definition) is 1. The van der Waals surface area contributed by atoms with E-state index < -0.39 is 0 Å². The minimum absolute atomic E-state index is 0.0669. The molecule has 1 fully saturated rings. The fourth-order valence-electron chi connectivity index (χ4n) is 1.60. The summed E-state index contributed by atoms with van der Waals surface area (Å²) in [6, 6.07) is 0. The zero-order valence-electron chi connectivity index (χ0n) is 8.83. The average Bonchev–Trinajstić information content (AvgIpc) is 2.71. The van der Waals surface area contributed by atoms with Gasteiger partial charge in [-0.3, -0.25) is 9.69 Å². The molecule has 1 saturated heterocycles. The van der Waals surface area contributed by atoms with Crippen molar-refractivity contribution >= 4 is 36.2 Å². The van der Waals surface area contributed by atoms with Gasteiger partial charge in [0.15, 0.2) is 5.16 Å². The highest BCUT2D eigenvalue weighted by atomic mass is 32.2. The number of thioether (sulfide) groups is 1. The second-order valence-corrected chi connectivity index (χ2v) is 4.67. The first-order valence-electron chi connectivity index (χ1n) is 4.89. The number of amides is 1. The molecule has 0 spiro atoms. The average molecular weight is 256 g/mol. The fraction of sp³-hybridized carbons (Fsp3) is 0.556. The van der Waals surface area contributed by atoms with Crippen LogP contribution in [0.1, 0.15) is 6.42 Å². The van der Waals surface area contributed by atoms with Crippen molar-refractivity contribution in [1.29, 1.82) is 0 Å². The van der Waals surface area contributed by atoms with Gasteiger partial charge in [0.05, 0.1) is 0 Å². The Bertz CT molecular complexity index is 401. The van der Waals surface area contributed by atoms with Crippen molar-refractivity contribution in [3.8, 4) is 0 Å². The van der Waals surface area contributed by atoms with Crippen LogP contribution in [0.3, 0.4) is 0 Å². The van der Waals surface area contributed by atoms with Crippen molar-refractivity contribution in [3.63, 3.8) is 0 Å². The SMILES string of the molecule is CSc1ncnc(N2CC(CS)CC2=O)n1. The quantitative estimate of drug-likeness (QED) is 0.642. The Kier molecular flexibility index (Phi) is 3.65. The molecule has 1 aliphatic rings. The van der Waals surface area contributed by atoms with Crippen molar-refractivity contribution in [2.24, 2.45) is 5.92 Å². The van der Waals surface area contributed by atoms with Gasteiger partial charge in [-0.1, -0.05) is 11.8 Å². The molecule has 2 rings (SSSR count). The third-order valence-electron chi connectivity index (χ3n) is 2.42. The normalized spacial score (nSPS) is 20.5. The topological polar surface area (TPSA) is 59.0 Å². The second-order valence-electron chi connectivity index (χ2n) is 3.53. The van der Waals surface area contributed by atoms with E-state index in [1.165, 1.54) is 18.1 Å². The van der Waals surface area contributed by atoms with Crippen LogP contribution < -0.4 is 4.90 Å². The summed E-state index contributed by atoms with van der Waals surface area (Å²) in [6.07, 6.45) is 3.86. The van der Waals surface area contributed by atoms with Crippen molar-refractivity contribution in [2.45, 2.75) is 11.6 Å². The third kappa shape index (κ3) is 2.30. The third-order valence-corrected chi connectivity index (χ3v) is 3.50. The van der Waals surface area contributed by atoms with Gasteiger partial charge in [0, 0.05) is 13.0 Å². The molecule has 1 aromatic rings. The highest BCUT2D eigenvalue weighted by Gasteiger charge is 2.31. The number of anilines is 1. The summed E-state index contributed by atoms with van der Waals surface area (Å²) in [4.78, 5) is 25.6. The van der Waals surface area contributed by atoms with Gasteiger partial charge < -0.3 is 0 Å². The molecule has 2 heterocycles. The summed E-state index contributed by atoms with van der Waals surface area (Å²) < 4.78 is 0. The first-order chi connectivity index (χ1) is 7.74. The Morgan fingerprint density at radius 1 is 1.62 bits per heavy atom. The number of aromatic nitrogens is 3. The first-order valence-corrected chi connectivity index (χ1v) is 6.74. The Morgan fingerprint density at radius 3 is 3.06 bits per heavy atom. The minimum atomic E-state index is 0.0669. The number of hydrogen-bond acceptors (Lipinski definition) is 6. The van der Waals surface area contributed by atoms with Gasteiger partial charge in [-0.05, 0) is 17.9 Å². The smallest absolute Gasteiger partial charge is 0.236 e. The van der Waals surface area contributed by atoms with E-state index >= 15 is 0 Å². The lowest BCUT2D eigenvalue weighted by Crippen LogP contribution is -2.27. The molecule has 16 heavy (non-hydrogen) atoms. The summed E-state index contributed by atoms with van der Waals surface area (Å²) in [7, 11) is 0. The van der Waals surface area contributed by atoms with E-state index in [1.54, 1.807) is 4.90 Å². The standard InChI is InChI=1S/C9H12N4OS2/c1-16-9-11-5-10-8(12-9)13-3-6(4-15)2-7(13)14/h5-6,15H,2-4H2,1H3. The second kappa shape index (κ2) is 5.01. The van der Waals surface area contributed by atoms with E-state index in [0.717, 1.165) is 0 Å². The summed E-state index contributed by atoms with van der Waals surface area (Å²) in [5.74, 6) is 1.53. The molecule has 1 unspecified atom stereocenters. The van der Waals surface area contributed by atoms with Crippen LogP contribution in [-0.4, -0.2) is 39.4 Å². The van der Waals surface area contributed by atoms with Crippen LogP contribution in [0.25, 0.3) is 0 Å². The van der Waals surface area contributed by atoms with Crippen molar-refractivity contribution in [1.82, 2.24) is 15.0 Å². The fourth-order valence-corrected chi connectivity index (χ4v) is 2.17. The van der Waals surface area contributed by atoms with Crippen LogP contribution in [0, 0.1) is 5.92 Å². The summed E-state index contributed by atoms with van der Waals surface area (Å²) in [5.41, 5.74) is 0. The molecule has 0 radical (unpaired) electrons. The molecular weight excluding hydrogens is 244 g/mol. The predicted octanol–water partition coefficient (Wildman–Crippen LogP) is 0.876. The van der Waals surface area contributed by atoms with Crippen LogP contribution >= 0.6 is 24.4 Å². The number of carbonyl (C=O) groups excluding carboxylic acids is 1. The number of carbonyl (C=O) groups is 1. The number of rotatable bonds is 3. The maximum Gasteiger partial charge on any atom is 0.236 e. The lowest BCUT2D eigenvalue weighted by atomic mass is 10.1. The Hall–Kier alpha value is -0.820. The molecule has 7 heteroatoms. The zero-order valence-corrected chi connectivity index (χ0v) is 10.5. The first kappa shape index (κ1) is 11.7. The maximum absolute atomic E-state index is 11.7. The van der Waals surface area contributed by atoms with E-state index in [4.69, 9.17) is 0 Å². The molecule has 86 valence electrons. The Balaban J connectivity index is 2.20. The molecular formula is C9H12N4OS2. The summed E-state index contributed by atoms with van der Waals surface area (Å²) >= 11 is 5.65. The van der Waals surface area contributed by atoms with E-state index in [-0.39, 0.29) is 5.91 Å². The maximum atomic E-state index is 11.7. The molecule has 0 aliphatic carbocycles. The predicted molar refractivity (Wildman–Crippen MR) is 65.9 cm³/mol. The van der Waals surface area contributed by atoms with Crippen LogP contribution in [0.2, 0.25) is 0 Å². The molecule has 0 bridgehead atoms. The molecule has 1 aromatic heterocycles. The molecule has 0 N–H and O–H groups in total. The van der Waals surface area contributed by atoms with Crippen LogP contribution in [0.4, 0.5) is 5.95 Å². The number of thiol groups is 1. The van der Waals surface area contributed by atoms with E-state index in [1.807, 2.05) is 6.26 Å². The van der Waals surface area contributed by atoms with Gasteiger partial charge in [-0.25, -0.2) is 9.97 Å². The highest BCUT2D eigenvalue weighted by Crippen LogP contribution is 2.23. The summed E-state index contributed by atoms with van der Waals surface area (Å²) in [6.45, 7) is 0.653. The molecule has 1 amide bonds. The minimum Gasteiger partial charge on any atom is -0.280 e. The molecule has 5 nitrogen and oxygen atoms in total. The largest absolute Gasteiger partial charge is 0.280 e. The zero-order chi connectivity index (χ0) is 11.5. The lowest BCUT2D eigenvalue weighted by Gasteiger charge is -2.13. The molecule has 0 saturated carbocycles. The van der Waals surface area contributed by atoms with Crippen molar-refractivity contribution in [3.05, 3.63) is 6.33 Å². The van der Waals surface area contributed by atoms with Crippen molar-refractivity contribution in [2.75, 3.05) is 23.5 Å². The van der Waals surface area contributed by atoms with Gasteiger partial charge in [-0.15, -0.1) is 0 Å². The van der Waals surface area contributed by atoms with Crippen LogP contribution in [0.15, 0.2) is 11.5 Å². The Labute approximate surface area is 103 Å². The number of nitrogens with zero attached hydrogens (tertiary/aromatic N) is 4. The lowest BCUT2D eigenvalue weighted by molar-refractivity contribution is -0.117. The molecule has 0 aromatic carbocycles. The van der Waals surface area contributed by atoms with Gasteiger partial charge in [0.2, 0.25) is 11.9 Å². The van der Waals surface area contributed by atoms with E-state index in [0.29, 0.717) is 35.7 Å². The highest BCUT2D eigenvalue weighted by molar-refractivity contribution is 7.98.